The lowest BCUT2D eigenvalue weighted by Crippen LogP contribution is -2.40. The minimum Gasteiger partial charge on any atom is -0.484 e. The summed E-state index contributed by atoms with van der Waals surface area (Å²) in [5.74, 6) is 0.969. The van der Waals surface area contributed by atoms with Gasteiger partial charge in [0.05, 0.1) is 11.7 Å². The number of hydrogen-bond acceptors (Lipinski definition) is 6. The molecule has 1 N–H and O–H groups in total. The highest BCUT2D eigenvalue weighted by atomic mass is 19.1. The van der Waals surface area contributed by atoms with E-state index >= 15 is 0 Å². The number of aromatic nitrogens is 2. The molecule has 0 saturated carbocycles. The van der Waals surface area contributed by atoms with Gasteiger partial charge in [-0.3, -0.25) is 9.88 Å². The van der Waals surface area contributed by atoms with Gasteiger partial charge in [0.15, 0.2) is 5.75 Å². The summed E-state index contributed by atoms with van der Waals surface area (Å²) in [7, 11) is 0. The maximum Gasteiger partial charge on any atom is 0.257 e. The Bertz CT molecular complexity index is 856. The zero-order valence-electron chi connectivity index (χ0n) is 17.4. The molecule has 6 nitrogen and oxygen atoms in total. The fourth-order valence-electron chi connectivity index (χ4n) is 4.25. The molecule has 0 aromatic carbocycles. The molecule has 4 rings (SSSR count). The van der Waals surface area contributed by atoms with Crippen LogP contribution >= 0.6 is 0 Å². The van der Waals surface area contributed by atoms with Crippen LogP contribution in [0.5, 0.6) is 11.6 Å². The van der Waals surface area contributed by atoms with E-state index in [2.05, 4.69) is 32.3 Å². The Morgan fingerprint density at radius 2 is 1.93 bits per heavy atom. The Labute approximate surface area is 171 Å². The summed E-state index contributed by atoms with van der Waals surface area (Å²) in [4.78, 5) is 11.2. The van der Waals surface area contributed by atoms with Crippen molar-refractivity contribution in [2.45, 2.75) is 39.7 Å². The van der Waals surface area contributed by atoms with E-state index in [9.17, 15) is 4.39 Å². The van der Waals surface area contributed by atoms with Crippen molar-refractivity contribution in [3.05, 3.63) is 41.1 Å². The number of halogens is 1. The van der Waals surface area contributed by atoms with Crippen LogP contribution < -0.4 is 14.8 Å². The van der Waals surface area contributed by atoms with Crippen molar-refractivity contribution in [1.82, 2.24) is 14.9 Å². The molecule has 0 amide bonds. The van der Waals surface area contributed by atoms with Crippen LogP contribution in [0.15, 0.2) is 18.2 Å². The van der Waals surface area contributed by atoms with E-state index < -0.39 is 0 Å². The summed E-state index contributed by atoms with van der Waals surface area (Å²) in [5, 5.41) is 3.55. The van der Waals surface area contributed by atoms with Crippen LogP contribution in [0, 0.1) is 25.6 Å². The van der Waals surface area contributed by atoms with Crippen LogP contribution in [-0.2, 0) is 0 Å². The molecule has 7 heteroatoms. The van der Waals surface area contributed by atoms with E-state index in [4.69, 9.17) is 9.47 Å². The fourth-order valence-corrected chi connectivity index (χ4v) is 4.25. The Kier molecular flexibility index (Phi) is 5.85. The first-order valence-corrected chi connectivity index (χ1v) is 10.4. The van der Waals surface area contributed by atoms with E-state index in [-0.39, 0.29) is 11.9 Å². The molecule has 1 saturated heterocycles. The van der Waals surface area contributed by atoms with Gasteiger partial charge in [-0.05, 0) is 58.2 Å². The molecule has 0 aliphatic carbocycles. The predicted molar refractivity (Wildman–Crippen MR) is 110 cm³/mol. The van der Waals surface area contributed by atoms with E-state index in [0.29, 0.717) is 36.5 Å². The lowest BCUT2D eigenvalue weighted by atomic mass is 9.96. The maximum atomic E-state index is 14.7. The average Bonchev–Trinajstić information content (AvgIpc) is 2.71. The molecule has 29 heavy (non-hydrogen) atoms. The first-order chi connectivity index (χ1) is 14.0. The number of hydrogen-bond donors (Lipinski definition) is 1. The molecule has 0 radical (unpaired) electrons. The van der Waals surface area contributed by atoms with Gasteiger partial charge in [-0.2, -0.15) is 0 Å². The van der Waals surface area contributed by atoms with Crippen LogP contribution in [0.4, 0.5) is 10.1 Å². The second kappa shape index (κ2) is 8.53. The maximum absolute atomic E-state index is 14.7. The summed E-state index contributed by atoms with van der Waals surface area (Å²) in [6, 6.07) is 5.44. The van der Waals surface area contributed by atoms with Crippen molar-refractivity contribution >= 4 is 5.69 Å². The SMILES string of the molecule is Cc1cc(NC[C@H]2CCCN(C(C)c3nc4c(cc3F)OCCO4)C2)cc(C)n1. The number of anilines is 1. The first kappa shape index (κ1) is 19.9. The van der Waals surface area contributed by atoms with Crippen LogP contribution in [0.3, 0.4) is 0 Å². The highest BCUT2D eigenvalue weighted by Crippen LogP contribution is 2.34. The van der Waals surface area contributed by atoms with Crippen molar-refractivity contribution in [2.75, 3.05) is 38.2 Å². The molecule has 0 bridgehead atoms. The zero-order chi connectivity index (χ0) is 20.4. The molecule has 1 fully saturated rings. The third-order valence-electron chi connectivity index (χ3n) is 5.69. The Morgan fingerprint density at radius 1 is 1.17 bits per heavy atom. The molecule has 1 unspecified atom stereocenters. The number of nitrogens with one attached hydrogen (secondary N) is 1. The van der Waals surface area contributed by atoms with E-state index in [1.165, 1.54) is 6.07 Å². The van der Waals surface area contributed by atoms with Gasteiger partial charge in [-0.1, -0.05) is 0 Å². The number of fused-ring (bicyclic) bond motifs is 1. The lowest BCUT2D eigenvalue weighted by Gasteiger charge is -2.37. The van der Waals surface area contributed by atoms with Crippen LogP contribution in [0.25, 0.3) is 0 Å². The Morgan fingerprint density at radius 3 is 2.72 bits per heavy atom. The van der Waals surface area contributed by atoms with Crippen molar-refractivity contribution in [1.29, 1.82) is 0 Å². The third-order valence-corrected chi connectivity index (χ3v) is 5.69. The molecule has 2 aromatic rings. The molecule has 2 atom stereocenters. The summed E-state index contributed by atoms with van der Waals surface area (Å²) in [6.45, 7) is 9.67. The van der Waals surface area contributed by atoms with E-state index in [1.807, 2.05) is 20.8 Å². The van der Waals surface area contributed by atoms with Gasteiger partial charge in [0.25, 0.3) is 5.88 Å². The smallest absolute Gasteiger partial charge is 0.257 e. The van der Waals surface area contributed by atoms with Crippen molar-refractivity contribution < 1.29 is 13.9 Å². The van der Waals surface area contributed by atoms with Crippen molar-refractivity contribution in [3.63, 3.8) is 0 Å². The first-order valence-electron chi connectivity index (χ1n) is 10.4. The highest BCUT2D eigenvalue weighted by Gasteiger charge is 2.28. The van der Waals surface area contributed by atoms with Gasteiger partial charge in [0.1, 0.15) is 19.0 Å². The van der Waals surface area contributed by atoms with Gasteiger partial charge in [-0.15, -0.1) is 0 Å². The second-order valence-electron chi connectivity index (χ2n) is 8.05. The summed E-state index contributed by atoms with van der Waals surface area (Å²) >= 11 is 0. The van der Waals surface area contributed by atoms with Crippen LogP contribution in [-0.4, -0.2) is 47.7 Å². The van der Waals surface area contributed by atoms with Gasteiger partial charge in [-0.25, -0.2) is 9.37 Å². The monoisotopic (exact) mass is 400 g/mol. The van der Waals surface area contributed by atoms with Crippen molar-refractivity contribution in [3.8, 4) is 11.6 Å². The Balaban J connectivity index is 1.41. The number of pyridine rings is 2. The molecular formula is C22H29FN4O2. The largest absolute Gasteiger partial charge is 0.484 e. The van der Waals surface area contributed by atoms with E-state index in [0.717, 1.165) is 49.6 Å². The molecule has 0 spiro atoms. The molecule has 2 aliphatic heterocycles. The van der Waals surface area contributed by atoms with Gasteiger partial charge in [0, 0.05) is 36.2 Å². The van der Waals surface area contributed by atoms with E-state index in [1.54, 1.807) is 0 Å². The molecule has 2 aliphatic rings. The third kappa shape index (κ3) is 4.61. The number of rotatable bonds is 5. The Hall–Kier alpha value is -2.41. The number of nitrogens with zero attached hydrogens (tertiary/aromatic N) is 3. The quantitative estimate of drug-likeness (QED) is 0.822. The number of ether oxygens (including phenoxy) is 2. The normalized spacial score (nSPS) is 20.3. The van der Waals surface area contributed by atoms with Crippen LogP contribution in [0.2, 0.25) is 0 Å². The average molecular weight is 400 g/mol. The highest BCUT2D eigenvalue weighted by molar-refractivity contribution is 5.45. The van der Waals surface area contributed by atoms with Crippen molar-refractivity contribution in [2.24, 2.45) is 5.92 Å². The predicted octanol–water partition coefficient (Wildman–Crippen LogP) is 3.89. The topological polar surface area (TPSA) is 59.5 Å². The number of aryl methyl sites for hydroxylation is 2. The minimum absolute atomic E-state index is 0.112. The summed E-state index contributed by atoms with van der Waals surface area (Å²) < 4.78 is 25.7. The minimum atomic E-state index is -0.329. The summed E-state index contributed by atoms with van der Waals surface area (Å²) in [6.07, 6.45) is 2.26. The summed E-state index contributed by atoms with van der Waals surface area (Å²) in [5.41, 5.74) is 3.58. The molecule has 4 heterocycles. The standard InChI is InChI=1S/C22H29FN4O2/c1-14-9-18(10-15(2)25-14)24-12-17-5-4-6-27(13-17)16(3)21-19(23)11-20-22(26-21)29-8-7-28-20/h9-11,16-17H,4-8,12-13H2,1-3H3,(H,24,25)/t16?,17-/m1/s1. The number of likely N-dealkylation sites (tertiary alicyclic amines) is 1. The van der Waals surface area contributed by atoms with Gasteiger partial charge >= 0.3 is 0 Å². The zero-order valence-corrected chi connectivity index (χ0v) is 17.4. The molecule has 156 valence electrons. The molecular weight excluding hydrogens is 371 g/mol. The van der Waals surface area contributed by atoms with Gasteiger partial charge < -0.3 is 14.8 Å². The second-order valence-corrected chi connectivity index (χ2v) is 8.05. The fraction of sp³-hybridized carbons (Fsp3) is 0.545. The van der Waals surface area contributed by atoms with Gasteiger partial charge in [0.2, 0.25) is 0 Å². The number of piperidine rings is 1. The van der Waals surface area contributed by atoms with Crippen LogP contribution in [0.1, 0.15) is 42.9 Å². The molecule has 2 aromatic heterocycles. The lowest BCUT2D eigenvalue weighted by molar-refractivity contribution is 0.127.